The van der Waals surface area contributed by atoms with Crippen LogP contribution in [0.1, 0.15) is 46.9 Å². The highest BCUT2D eigenvalue weighted by Crippen LogP contribution is 2.37. The predicted molar refractivity (Wildman–Crippen MR) is 96.2 cm³/mol. The van der Waals surface area contributed by atoms with Crippen molar-refractivity contribution in [3.05, 3.63) is 57.8 Å². The second-order valence-corrected chi connectivity index (χ2v) is 7.00. The van der Waals surface area contributed by atoms with Crippen LogP contribution in [0.5, 0.6) is 0 Å². The number of hydrogen-bond donors (Lipinski definition) is 2. The Kier molecular flexibility index (Phi) is 4.06. The maximum Gasteiger partial charge on any atom is 0.263 e. The fourth-order valence-electron chi connectivity index (χ4n) is 3.25. The Morgan fingerprint density at radius 3 is 2.81 bits per heavy atom. The van der Waals surface area contributed by atoms with Gasteiger partial charge in [0, 0.05) is 30.8 Å². The lowest BCUT2D eigenvalue weighted by Gasteiger charge is -2.17. The number of amides is 2. The summed E-state index contributed by atoms with van der Waals surface area (Å²) < 4.78 is 0. The number of aryl methyl sites for hydroxylation is 1. The van der Waals surface area contributed by atoms with Gasteiger partial charge in [0.25, 0.3) is 11.5 Å². The van der Waals surface area contributed by atoms with Gasteiger partial charge >= 0.3 is 0 Å². The van der Waals surface area contributed by atoms with Gasteiger partial charge in [-0.05, 0) is 37.5 Å². The van der Waals surface area contributed by atoms with Crippen molar-refractivity contribution in [3.8, 4) is 0 Å². The first-order valence-electron chi connectivity index (χ1n) is 8.78. The molecule has 1 aromatic heterocycles. The van der Waals surface area contributed by atoms with E-state index in [0.29, 0.717) is 18.3 Å². The van der Waals surface area contributed by atoms with Gasteiger partial charge in [-0.25, -0.2) is 4.98 Å². The lowest BCUT2D eigenvalue weighted by atomic mass is 10.2. The Morgan fingerprint density at radius 2 is 2.12 bits per heavy atom. The van der Waals surface area contributed by atoms with E-state index in [-0.39, 0.29) is 23.9 Å². The molecule has 2 fully saturated rings. The number of carbonyl (C=O) groups excluding carboxylic acids is 2. The van der Waals surface area contributed by atoms with Crippen LogP contribution in [0, 0.1) is 6.92 Å². The van der Waals surface area contributed by atoms with E-state index in [1.165, 1.54) is 6.20 Å². The summed E-state index contributed by atoms with van der Waals surface area (Å²) in [5.41, 5.74) is 1.44. The number of hydrogen-bond acceptors (Lipinski definition) is 4. The smallest absolute Gasteiger partial charge is 0.263 e. The normalized spacial score (nSPS) is 19.7. The van der Waals surface area contributed by atoms with Crippen LogP contribution in [0.4, 0.5) is 5.69 Å². The van der Waals surface area contributed by atoms with Gasteiger partial charge in [-0.1, -0.05) is 12.1 Å². The summed E-state index contributed by atoms with van der Waals surface area (Å²) in [6, 6.07) is 7.34. The van der Waals surface area contributed by atoms with E-state index in [1.807, 2.05) is 31.2 Å². The van der Waals surface area contributed by atoms with E-state index in [1.54, 1.807) is 4.90 Å². The molecule has 2 N–H and O–H groups in total. The molecule has 1 aliphatic heterocycles. The molecule has 0 spiro atoms. The van der Waals surface area contributed by atoms with Gasteiger partial charge < -0.3 is 15.2 Å². The minimum absolute atomic E-state index is 0.0177. The zero-order valence-electron chi connectivity index (χ0n) is 14.5. The van der Waals surface area contributed by atoms with Crippen molar-refractivity contribution >= 4 is 17.5 Å². The van der Waals surface area contributed by atoms with Gasteiger partial charge in [-0.2, -0.15) is 0 Å². The highest BCUT2D eigenvalue weighted by atomic mass is 16.2. The molecule has 0 radical (unpaired) electrons. The van der Waals surface area contributed by atoms with Gasteiger partial charge in [-0.3, -0.25) is 14.4 Å². The number of anilines is 1. The molecule has 2 heterocycles. The summed E-state index contributed by atoms with van der Waals surface area (Å²) in [6.07, 6.45) is 3.59. The third-order valence-corrected chi connectivity index (χ3v) is 4.80. The van der Waals surface area contributed by atoms with Crippen LogP contribution >= 0.6 is 0 Å². The van der Waals surface area contributed by atoms with Crippen LogP contribution in [0.2, 0.25) is 0 Å². The summed E-state index contributed by atoms with van der Waals surface area (Å²) in [5.74, 6) is 0.422. The number of aromatic nitrogens is 2. The Labute approximate surface area is 150 Å². The molecule has 2 amide bonds. The van der Waals surface area contributed by atoms with Crippen LogP contribution in [-0.2, 0) is 4.79 Å². The molecular formula is C19H20N4O3. The van der Waals surface area contributed by atoms with Crippen molar-refractivity contribution < 1.29 is 9.59 Å². The Balaban J connectivity index is 1.45. The minimum Gasteiger partial charge on any atom is -0.347 e. The molecule has 2 aromatic rings. The van der Waals surface area contributed by atoms with Gasteiger partial charge in [0.15, 0.2) is 0 Å². The number of nitrogens with one attached hydrogen (secondary N) is 2. The molecule has 7 nitrogen and oxygen atoms in total. The first-order valence-corrected chi connectivity index (χ1v) is 8.78. The lowest BCUT2D eigenvalue weighted by molar-refractivity contribution is -0.117. The molecule has 134 valence electrons. The van der Waals surface area contributed by atoms with Crippen molar-refractivity contribution in [2.75, 3.05) is 11.4 Å². The van der Waals surface area contributed by atoms with Crippen LogP contribution in [0.15, 0.2) is 35.3 Å². The molecule has 1 atom stereocenters. The van der Waals surface area contributed by atoms with Crippen molar-refractivity contribution in [1.82, 2.24) is 15.3 Å². The second kappa shape index (κ2) is 6.40. The monoisotopic (exact) mass is 352 g/mol. The topological polar surface area (TPSA) is 95.2 Å². The van der Waals surface area contributed by atoms with Gasteiger partial charge in [0.2, 0.25) is 5.91 Å². The fraction of sp³-hybridized carbons (Fsp3) is 0.368. The summed E-state index contributed by atoms with van der Waals surface area (Å²) in [5, 5.41) is 2.78. The Hall–Kier alpha value is -2.96. The molecule has 2 aliphatic rings. The van der Waals surface area contributed by atoms with E-state index < -0.39 is 11.5 Å². The van der Waals surface area contributed by atoms with Crippen molar-refractivity contribution in [1.29, 1.82) is 0 Å². The lowest BCUT2D eigenvalue weighted by Crippen LogP contribution is -2.39. The molecule has 26 heavy (non-hydrogen) atoms. The van der Waals surface area contributed by atoms with E-state index in [0.717, 1.165) is 24.1 Å². The minimum atomic E-state index is -0.495. The van der Waals surface area contributed by atoms with Gasteiger partial charge in [0.1, 0.15) is 11.4 Å². The van der Waals surface area contributed by atoms with Crippen molar-refractivity contribution in [2.24, 2.45) is 0 Å². The molecule has 1 aromatic carbocycles. The first kappa shape index (κ1) is 16.5. The average molecular weight is 352 g/mol. The molecule has 1 saturated carbocycles. The van der Waals surface area contributed by atoms with E-state index in [4.69, 9.17) is 0 Å². The highest BCUT2D eigenvalue weighted by molar-refractivity contribution is 5.98. The average Bonchev–Trinajstić information content (AvgIpc) is 3.38. The van der Waals surface area contributed by atoms with E-state index in [2.05, 4.69) is 15.3 Å². The summed E-state index contributed by atoms with van der Waals surface area (Å²) >= 11 is 0. The molecular weight excluding hydrogens is 332 g/mol. The number of aromatic amines is 1. The molecule has 7 heteroatoms. The first-order chi connectivity index (χ1) is 12.5. The Morgan fingerprint density at radius 1 is 1.31 bits per heavy atom. The predicted octanol–water partition coefficient (Wildman–Crippen LogP) is 1.49. The summed E-state index contributed by atoms with van der Waals surface area (Å²) in [7, 11) is 0. The number of carbonyl (C=O) groups is 2. The van der Waals surface area contributed by atoms with Crippen molar-refractivity contribution in [3.63, 3.8) is 0 Å². The molecule has 0 bridgehead atoms. The van der Waals surface area contributed by atoms with Crippen LogP contribution in [-0.4, -0.2) is 34.4 Å². The summed E-state index contributed by atoms with van der Waals surface area (Å²) in [6.45, 7) is 2.35. The van der Waals surface area contributed by atoms with Gasteiger partial charge in [0.05, 0.1) is 6.04 Å². The van der Waals surface area contributed by atoms with Crippen molar-refractivity contribution in [2.45, 2.75) is 38.1 Å². The maximum absolute atomic E-state index is 12.4. The SMILES string of the molecule is Cc1cccc(N2CC(NC(=O)c3cnc(C4CC4)[nH]c3=O)CC2=O)c1. The number of H-pyrrole nitrogens is 1. The standard InChI is InChI=1S/C19H20N4O3/c1-11-3-2-4-14(7-11)23-10-13(8-16(23)24)21-18(25)15-9-20-17(12-5-6-12)22-19(15)26/h2-4,7,9,12-13H,5-6,8,10H2,1H3,(H,21,25)(H,20,22,26). The van der Waals surface area contributed by atoms with Crippen LogP contribution < -0.4 is 15.8 Å². The molecule has 1 aliphatic carbocycles. The molecule has 1 unspecified atom stereocenters. The van der Waals surface area contributed by atoms with Gasteiger partial charge in [-0.15, -0.1) is 0 Å². The third kappa shape index (κ3) is 3.24. The number of benzene rings is 1. The largest absolute Gasteiger partial charge is 0.347 e. The molecule has 4 rings (SSSR count). The zero-order chi connectivity index (χ0) is 18.3. The third-order valence-electron chi connectivity index (χ3n) is 4.80. The zero-order valence-corrected chi connectivity index (χ0v) is 14.5. The second-order valence-electron chi connectivity index (χ2n) is 7.00. The van der Waals surface area contributed by atoms with Crippen LogP contribution in [0.3, 0.4) is 0 Å². The maximum atomic E-state index is 12.4. The van der Waals surface area contributed by atoms with E-state index >= 15 is 0 Å². The quantitative estimate of drug-likeness (QED) is 0.871. The van der Waals surface area contributed by atoms with Crippen LogP contribution in [0.25, 0.3) is 0 Å². The van der Waals surface area contributed by atoms with E-state index in [9.17, 15) is 14.4 Å². The molecule has 1 saturated heterocycles. The number of rotatable bonds is 4. The number of nitrogens with zero attached hydrogens (tertiary/aromatic N) is 2. The Bertz CT molecular complexity index is 932. The summed E-state index contributed by atoms with van der Waals surface area (Å²) in [4.78, 5) is 45.4. The fourth-order valence-corrected chi connectivity index (χ4v) is 3.25. The highest BCUT2D eigenvalue weighted by Gasteiger charge is 2.32.